The molecule has 0 amide bonds. The van der Waals surface area contributed by atoms with Gasteiger partial charge in [-0.3, -0.25) is 4.99 Å². The quantitative estimate of drug-likeness (QED) is 0.337. The number of aliphatic imine (C=N–C) groups is 1. The molecule has 64 valence electrons. The van der Waals surface area contributed by atoms with Crippen LogP contribution in [0.1, 0.15) is 38.5 Å². The van der Waals surface area contributed by atoms with E-state index < -0.39 is 0 Å². The van der Waals surface area contributed by atoms with Crippen molar-refractivity contribution in [2.75, 3.05) is 0 Å². The Balaban J connectivity index is 2.37. The molecule has 0 aromatic carbocycles. The van der Waals surface area contributed by atoms with Gasteiger partial charge in [0.15, 0.2) is 5.96 Å². The van der Waals surface area contributed by atoms with Crippen LogP contribution in [0.2, 0.25) is 0 Å². The van der Waals surface area contributed by atoms with Crippen LogP contribution in [0.25, 0.3) is 0 Å². The van der Waals surface area contributed by atoms with Gasteiger partial charge in [0.25, 0.3) is 0 Å². The van der Waals surface area contributed by atoms with Crippen molar-refractivity contribution < 1.29 is 0 Å². The Morgan fingerprint density at radius 2 is 1.55 bits per heavy atom. The molecule has 0 heterocycles. The van der Waals surface area contributed by atoms with Crippen LogP contribution in [0, 0.1) is 0 Å². The van der Waals surface area contributed by atoms with E-state index in [2.05, 4.69) is 4.99 Å². The van der Waals surface area contributed by atoms with Gasteiger partial charge in [-0.25, -0.2) is 0 Å². The summed E-state index contributed by atoms with van der Waals surface area (Å²) in [7, 11) is 0. The van der Waals surface area contributed by atoms with Gasteiger partial charge in [-0.1, -0.05) is 25.7 Å². The zero-order valence-corrected chi connectivity index (χ0v) is 6.92. The van der Waals surface area contributed by atoms with Gasteiger partial charge in [-0.2, -0.15) is 0 Å². The van der Waals surface area contributed by atoms with Crippen LogP contribution in [0.3, 0.4) is 0 Å². The zero-order chi connectivity index (χ0) is 8.10. The molecule has 0 aliphatic heterocycles. The highest BCUT2D eigenvalue weighted by Gasteiger charge is 2.10. The van der Waals surface area contributed by atoms with Gasteiger partial charge in [0.2, 0.25) is 0 Å². The van der Waals surface area contributed by atoms with Gasteiger partial charge in [-0.05, 0) is 12.8 Å². The lowest BCUT2D eigenvalue weighted by Crippen LogP contribution is -2.25. The SMILES string of the molecule is NC(N)=NC1CCCCCC1. The Hall–Kier alpha value is -0.730. The van der Waals surface area contributed by atoms with Crippen LogP contribution >= 0.6 is 0 Å². The van der Waals surface area contributed by atoms with Gasteiger partial charge in [-0.15, -0.1) is 0 Å². The van der Waals surface area contributed by atoms with E-state index in [1.54, 1.807) is 0 Å². The molecule has 0 atom stereocenters. The van der Waals surface area contributed by atoms with Crippen LogP contribution in [-0.4, -0.2) is 12.0 Å². The van der Waals surface area contributed by atoms with Gasteiger partial charge in [0.1, 0.15) is 0 Å². The normalized spacial score (nSPS) is 20.7. The highest BCUT2D eigenvalue weighted by Crippen LogP contribution is 2.19. The highest BCUT2D eigenvalue weighted by atomic mass is 15.0. The lowest BCUT2D eigenvalue weighted by atomic mass is 10.1. The second kappa shape index (κ2) is 4.21. The Morgan fingerprint density at radius 3 is 2.00 bits per heavy atom. The average molecular weight is 155 g/mol. The van der Waals surface area contributed by atoms with Crippen molar-refractivity contribution in [1.82, 2.24) is 0 Å². The van der Waals surface area contributed by atoms with Gasteiger partial charge in [0, 0.05) is 0 Å². The smallest absolute Gasteiger partial charge is 0.186 e. The van der Waals surface area contributed by atoms with Crippen molar-refractivity contribution in [3.8, 4) is 0 Å². The molecule has 0 bridgehead atoms. The first kappa shape index (κ1) is 8.37. The minimum Gasteiger partial charge on any atom is -0.370 e. The summed E-state index contributed by atoms with van der Waals surface area (Å²) in [6, 6.07) is 0.405. The van der Waals surface area contributed by atoms with Crippen LogP contribution in [0.15, 0.2) is 4.99 Å². The van der Waals surface area contributed by atoms with Gasteiger partial charge in [0.05, 0.1) is 6.04 Å². The van der Waals surface area contributed by atoms with Crippen molar-refractivity contribution in [1.29, 1.82) is 0 Å². The molecular weight excluding hydrogens is 138 g/mol. The minimum atomic E-state index is 0.247. The van der Waals surface area contributed by atoms with E-state index in [0.29, 0.717) is 6.04 Å². The van der Waals surface area contributed by atoms with Crippen molar-refractivity contribution in [2.45, 2.75) is 44.6 Å². The fourth-order valence-corrected chi connectivity index (χ4v) is 1.60. The molecule has 0 radical (unpaired) electrons. The molecule has 0 unspecified atom stereocenters. The van der Waals surface area contributed by atoms with Gasteiger partial charge >= 0.3 is 0 Å². The van der Waals surface area contributed by atoms with E-state index in [9.17, 15) is 0 Å². The van der Waals surface area contributed by atoms with Crippen LogP contribution in [0.5, 0.6) is 0 Å². The molecule has 0 spiro atoms. The lowest BCUT2D eigenvalue weighted by molar-refractivity contribution is 0.585. The first-order valence-corrected chi connectivity index (χ1v) is 4.38. The molecule has 11 heavy (non-hydrogen) atoms. The van der Waals surface area contributed by atoms with Gasteiger partial charge < -0.3 is 11.5 Å². The summed E-state index contributed by atoms with van der Waals surface area (Å²) in [6.45, 7) is 0. The third-order valence-electron chi connectivity index (χ3n) is 2.16. The largest absolute Gasteiger partial charge is 0.370 e. The van der Waals surface area contributed by atoms with E-state index in [-0.39, 0.29) is 5.96 Å². The lowest BCUT2D eigenvalue weighted by Gasteiger charge is -2.07. The third kappa shape index (κ3) is 3.25. The predicted octanol–water partition coefficient (Wildman–Crippen LogP) is 0.983. The molecule has 3 nitrogen and oxygen atoms in total. The Morgan fingerprint density at radius 1 is 1.00 bits per heavy atom. The highest BCUT2D eigenvalue weighted by molar-refractivity contribution is 5.75. The average Bonchev–Trinajstić information content (AvgIpc) is 2.14. The molecule has 0 aromatic rings. The standard InChI is InChI=1S/C8H17N3/c9-8(10)11-7-5-3-1-2-4-6-7/h7H,1-6H2,(H4,9,10,11). The molecule has 0 saturated heterocycles. The topological polar surface area (TPSA) is 64.4 Å². The summed E-state index contributed by atoms with van der Waals surface area (Å²) in [6.07, 6.45) is 7.58. The Bertz CT molecular complexity index is 130. The first-order valence-electron chi connectivity index (χ1n) is 4.38. The second-order valence-electron chi connectivity index (χ2n) is 3.20. The second-order valence-corrected chi connectivity index (χ2v) is 3.20. The number of nitrogens with zero attached hydrogens (tertiary/aromatic N) is 1. The maximum absolute atomic E-state index is 5.30. The molecular formula is C8H17N3. The number of hydrogen-bond acceptors (Lipinski definition) is 1. The summed E-state index contributed by atoms with van der Waals surface area (Å²) in [5, 5.41) is 0. The van der Waals surface area contributed by atoms with E-state index >= 15 is 0 Å². The maximum Gasteiger partial charge on any atom is 0.186 e. The van der Waals surface area contributed by atoms with Crippen molar-refractivity contribution >= 4 is 5.96 Å². The van der Waals surface area contributed by atoms with Crippen molar-refractivity contribution in [3.63, 3.8) is 0 Å². The number of hydrogen-bond donors (Lipinski definition) is 2. The fourth-order valence-electron chi connectivity index (χ4n) is 1.60. The summed E-state index contributed by atoms with van der Waals surface area (Å²) in [4.78, 5) is 4.17. The van der Waals surface area contributed by atoms with E-state index in [4.69, 9.17) is 11.5 Å². The zero-order valence-electron chi connectivity index (χ0n) is 6.92. The Kier molecular flexibility index (Phi) is 3.20. The Labute approximate surface area is 67.9 Å². The molecule has 1 rings (SSSR count). The van der Waals surface area contributed by atoms with Crippen molar-refractivity contribution in [3.05, 3.63) is 0 Å². The molecule has 0 aromatic heterocycles. The third-order valence-corrected chi connectivity index (χ3v) is 2.16. The summed E-state index contributed by atoms with van der Waals surface area (Å²) < 4.78 is 0. The van der Waals surface area contributed by atoms with Crippen LogP contribution in [-0.2, 0) is 0 Å². The molecule has 1 fully saturated rings. The van der Waals surface area contributed by atoms with E-state index in [0.717, 1.165) is 12.8 Å². The summed E-state index contributed by atoms with van der Waals surface area (Å²) >= 11 is 0. The summed E-state index contributed by atoms with van der Waals surface area (Å²) in [5.74, 6) is 0.247. The fraction of sp³-hybridized carbons (Fsp3) is 0.875. The molecule has 3 heteroatoms. The maximum atomic E-state index is 5.30. The van der Waals surface area contributed by atoms with E-state index in [1.165, 1.54) is 25.7 Å². The predicted molar refractivity (Wildman–Crippen MR) is 47.3 cm³/mol. The molecule has 1 aliphatic carbocycles. The van der Waals surface area contributed by atoms with Crippen LogP contribution < -0.4 is 11.5 Å². The first-order chi connectivity index (χ1) is 5.29. The van der Waals surface area contributed by atoms with Crippen LogP contribution in [0.4, 0.5) is 0 Å². The molecule has 4 N–H and O–H groups in total. The monoisotopic (exact) mass is 155 g/mol. The van der Waals surface area contributed by atoms with E-state index in [1.807, 2.05) is 0 Å². The number of guanidine groups is 1. The minimum absolute atomic E-state index is 0.247. The summed E-state index contributed by atoms with van der Waals surface area (Å²) in [5.41, 5.74) is 10.6. The molecule has 1 saturated carbocycles. The molecule has 1 aliphatic rings. The number of rotatable bonds is 1. The number of nitrogens with two attached hydrogens (primary N) is 2. The van der Waals surface area contributed by atoms with Crippen molar-refractivity contribution in [2.24, 2.45) is 16.5 Å².